The van der Waals surface area contributed by atoms with Crippen LogP contribution in [0.1, 0.15) is 30.4 Å². The number of hydrogen-bond donors (Lipinski definition) is 1. The van der Waals surface area contributed by atoms with Gasteiger partial charge in [0.25, 0.3) is 5.91 Å². The number of aryl methyl sites for hydroxylation is 2. The Morgan fingerprint density at radius 2 is 1.88 bits per heavy atom. The third-order valence-electron chi connectivity index (χ3n) is 5.87. The molecule has 144 valence electrons. The van der Waals surface area contributed by atoms with Crippen molar-refractivity contribution < 1.29 is 9.53 Å². The number of halogens is 1. The smallest absolute Gasteiger partial charge is 0.260 e. The normalized spacial score (nSPS) is 23.2. The first-order valence-electron chi connectivity index (χ1n) is 9.77. The number of ether oxygens (including phenoxy) is 1. The summed E-state index contributed by atoms with van der Waals surface area (Å²) in [6.07, 6.45) is 5.95. The van der Waals surface area contributed by atoms with Gasteiger partial charge in [-0.1, -0.05) is 6.07 Å². The molecular formula is C20H30ClN3O2. The van der Waals surface area contributed by atoms with E-state index in [9.17, 15) is 4.79 Å². The number of nitrogens with zero attached hydrogens (tertiary/aromatic N) is 2. The lowest BCUT2D eigenvalue weighted by atomic mass is 9.92. The molecule has 4 rings (SSSR count). The number of rotatable bonds is 4. The Balaban J connectivity index is 0.00000196. The molecule has 3 aliphatic rings. The number of hydrogen-bond acceptors (Lipinski definition) is 4. The van der Waals surface area contributed by atoms with E-state index in [1.54, 1.807) is 0 Å². The average molecular weight is 380 g/mol. The molecule has 2 heterocycles. The average Bonchev–Trinajstić information content (AvgIpc) is 3.17. The Kier molecular flexibility index (Phi) is 6.79. The molecule has 0 aromatic heterocycles. The molecule has 2 fully saturated rings. The Morgan fingerprint density at radius 1 is 1.12 bits per heavy atom. The summed E-state index contributed by atoms with van der Waals surface area (Å²) >= 11 is 0. The molecule has 1 atom stereocenters. The summed E-state index contributed by atoms with van der Waals surface area (Å²) in [6.45, 7) is 6.19. The maximum atomic E-state index is 12.5. The number of carbonyl (C=O) groups is 1. The van der Waals surface area contributed by atoms with Gasteiger partial charge in [0.15, 0.2) is 6.61 Å². The Bertz CT molecular complexity index is 619. The van der Waals surface area contributed by atoms with Crippen LogP contribution in [0.25, 0.3) is 0 Å². The molecule has 1 aromatic carbocycles. The maximum Gasteiger partial charge on any atom is 0.260 e. The second-order valence-electron chi connectivity index (χ2n) is 7.49. The van der Waals surface area contributed by atoms with Gasteiger partial charge in [0.05, 0.1) is 0 Å². The highest BCUT2D eigenvalue weighted by Crippen LogP contribution is 2.25. The minimum atomic E-state index is 0. The lowest BCUT2D eigenvalue weighted by Gasteiger charge is -2.32. The predicted octanol–water partition coefficient (Wildman–Crippen LogP) is 1.87. The van der Waals surface area contributed by atoms with Gasteiger partial charge < -0.3 is 15.0 Å². The third kappa shape index (κ3) is 4.51. The third-order valence-corrected chi connectivity index (χ3v) is 5.87. The number of nitrogens with one attached hydrogen (secondary N) is 1. The zero-order valence-corrected chi connectivity index (χ0v) is 16.2. The van der Waals surface area contributed by atoms with Crippen LogP contribution in [0.5, 0.6) is 5.75 Å². The summed E-state index contributed by atoms with van der Waals surface area (Å²) in [4.78, 5) is 17.0. The second kappa shape index (κ2) is 9.07. The first kappa shape index (κ1) is 19.5. The van der Waals surface area contributed by atoms with Gasteiger partial charge in [0.2, 0.25) is 0 Å². The summed E-state index contributed by atoms with van der Waals surface area (Å²) in [5.41, 5.74) is 2.85. The van der Waals surface area contributed by atoms with Crippen molar-refractivity contribution in [3.05, 3.63) is 29.3 Å². The van der Waals surface area contributed by atoms with E-state index in [0.717, 1.165) is 57.9 Å². The van der Waals surface area contributed by atoms with Gasteiger partial charge >= 0.3 is 0 Å². The van der Waals surface area contributed by atoms with E-state index in [2.05, 4.69) is 22.3 Å². The zero-order chi connectivity index (χ0) is 17.1. The Morgan fingerprint density at radius 3 is 2.69 bits per heavy atom. The van der Waals surface area contributed by atoms with Crippen LogP contribution in [-0.2, 0) is 17.6 Å². The van der Waals surface area contributed by atoms with Crippen LogP contribution in [0, 0.1) is 0 Å². The van der Waals surface area contributed by atoms with Crippen LogP contribution in [-0.4, -0.2) is 67.6 Å². The van der Waals surface area contributed by atoms with Crippen LogP contribution in [0.3, 0.4) is 0 Å². The summed E-state index contributed by atoms with van der Waals surface area (Å²) < 4.78 is 5.81. The van der Waals surface area contributed by atoms with Gasteiger partial charge in [-0.05, 0) is 55.4 Å². The van der Waals surface area contributed by atoms with Gasteiger partial charge in [0.1, 0.15) is 5.75 Å². The fraction of sp³-hybridized carbons (Fsp3) is 0.650. The highest BCUT2D eigenvalue weighted by Gasteiger charge is 2.30. The van der Waals surface area contributed by atoms with Crippen LogP contribution >= 0.6 is 12.4 Å². The fourth-order valence-corrected chi connectivity index (χ4v) is 4.35. The van der Waals surface area contributed by atoms with Crippen LogP contribution in [0.4, 0.5) is 0 Å². The van der Waals surface area contributed by atoms with Crippen LogP contribution < -0.4 is 10.1 Å². The molecule has 0 radical (unpaired) electrons. The van der Waals surface area contributed by atoms with Crippen molar-refractivity contribution >= 4 is 18.3 Å². The van der Waals surface area contributed by atoms with Gasteiger partial charge in [-0.15, -0.1) is 12.4 Å². The van der Waals surface area contributed by atoms with Gasteiger partial charge in [-0.25, -0.2) is 0 Å². The number of amides is 1. The molecule has 1 unspecified atom stereocenters. The number of fused-ring (bicyclic) bond motifs is 1. The summed E-state index contributed by atoms with van der Waals surface area (Å²) in [5.74, 6) is 0.960. The molecule has 2 aliphatic heterocycles. The Hall–Kier alpha value is -1.30. The predicted molar refractivity (Wildman–Crippen MR) is 105 cm³/mol. The molecule has 0 spiro atoms. The maximum absolute atomic E-state index is 12.5. The molecule has 0 bridgehead atoms. The van der Waals surface area contributed by atoms with E-state index in [0.29, 0.717) is 6.04 Å². The molecule has 1 aliphatic carbocycles. The number of benzene rings is 1. The van der Waals surface area contributed by atoms with E-state index in [4.69, 9.17) is 4.74 Å². The van der Waals surface area contributed by atoms with E-state index in [1.807, 2.05) is 11.0 Å². The van der Waals surface area contributed by atoms with Crippen molar-refractivity contribution in [1.29, 1.82) is 0 Å². The van der Waals surface area contributed by atoms with Crippen molar-refractivity contribution in [1.82, 2.24) is 15.1 Å². The van der Waals surface area contributed by atoms with Crippen molar-refractivity contribution in [3.8, 4) is 5.75 Å². The van der Waals surface area contributed by atoms with Crippen molar-refractivity contribution in [2.24, 2.45) is 0 Å². The molecule has 26 heavy (non-hydrogen) atoms. The first-order valence-corrected chi connectivity index (χ1v) is 9.77. The minimum absolute atomic E-state index is 0. The second-order valence-corrected chi connectivity index (χ2v) is 7.49. The lowest BCUT2D eigenvalue weighted by molar-refractivity contribution is -0.132. The molecule has 1 aromatic rings. The number of carbonyl (C=O) groups excluding carboxylic acids is 1. The zero-order valence-electron chi connectivity index (χ0n) is 15.4. The van der Waals surface area contributed by atoms with Crippen LogP contribution in [0.2, 0.25) is 0 Å². The minimum Gasteiger partial charge on any atom is -0.484 e. The van der Waals surface area contributed by atoms with E-state index in [-0.39, 0.29) is 24.9 Å². The van der Waals surface area contributed by atoms with Gasteiger partial charge in [0, 0.05) is 45.3 Å². The molecule has 6 heteroatoms. The highest BCUT2D eigenvalue weighted by molar-refractivity contribution is 5.85. The number of piperazine rings is 1. The molecule has 0 saturated carbocycles. The monoisotopic (exact) mass is 379 g/mol. The number of likely N-dealkylation sites (tertiary alicyclic amines) is 1. The lowest BCUT2D eigenvalue weighted by Crippen LogP contribution is -2.49. The SMILES string of the molecule is Cl.O=C(COc1ccc2c(c1)CCCC2)N1CCC(N2CCNCC2)C1. The van der Waals surface area contributed by atoms with Crippen molar-refractivity contribution in [2.45, 2.75) is 38.1 Å². The molecule has 5 nitrogen and oxygen atoms in total. The fourth-order valence-electron chi connectivity index (χ4n) is 4.35. The quantitative estimate of drug-likeness (QED) is 0.867. The largest absolute Gasteiger partial charge is 0.484 e. The van der Waals surface area contributed by atoms with E-state index < -0.39 is 0 Å². The summed E-state index contributed by atoms with van der Waals surface area (Å²) in [7, 11) is 0. The Labute approximate surface area is 162 Å². The van der Waals surface area contributed by atoms with Gasteiger partial charge in [-0.3, -0.25) is 9.69 Å². The molecule has 2 saturated heterocycles. The van der Waals surface area contributed by atoms with Crippen LogP contribution in [0.15, 0.2) is 18.2 Å². The topological polar surface area (TPSA) is 44.8 Å². The summed E-state index contributed by atoms with van der Waals surface area (Å²) in [5, 5.41) is 3.39. The van der Waals surface area contributed by atoms with Gasteiger partial charge in [-0.2, -0.15) is 0 Å². The first-order chi connectivity index (χ1) is 12.3. The van der Waals surface area contributed by atoms with E-state index >= 15 is 0 Å². The molecule has 1 N–H and O–H groups in total. The highest BCUT2D eigenvalue weighted by atomic mass is 35.5. The molecule has 1 amide bonds. The molecular weight excluding hydrogens is 350 g/mol. The van der Waals surface area contributed by atoms with Crippen molar-refractivity contribution in [3.63, 3.8) is 0 Å². The summed E-state index contributed by atoms with van der Waals surface area (Å²) in [6, 6.07) is 6.85. The van der Waals surface area contributed by atoms with E-state index in [1.165, 1.54) is 30.4 Å². The standard InChI is InChI=1S/C20H29N3O2.ClH/c24-20(23-10-7-18(14-23)22-11-8-21-9-12-22)15-25-19-6-5-16-3-1-2-4-17(16)13-19;/h5-6,13,18,21H,1-4,7-12,14-15H2;1H. The van der Waals surface area contributed by atoms with Crippen molar-refractivity contribution in [2.75, 3.05) is 45.9 Å².